The van der Waals surface area contributed by atoms with Crippen LogP contribution in [0.2, 0.25) is 0 Å². The van der Waals surface area contributed by atoms with Crippen LogP contribution in [0.3, 0.4) is 0 Å². The fraction of sp³-hybridized carbons (Fsp3) is 0.462. The van der Waals surface area contributed by atoms with Gasteiger partial charge in [-0.25, -0.2) is 9.97 Å². The van der Waals surface area contributed by atoms with Crippen molar-refractivity contribution in [2.75, 3.05) is 23.3 Å². The van der Waals surface area contributed by atoms with E-state index in [0.29, 0.717) is 42.6 Å². The number of benzene rings is 1. The van der Waals surface area contributed by atoms with Crippen LogP contribution < -0.4 is 10.2 Å². The van der Waals surface area contributed by atoms with Crippen molar-refractivity contribution < 1.29 is 9.90 Å². The SMILES string of the molecule is CCC(=O)Cc1ccc(Sc2nc(Nc3cc(C)[nH]n3)cc(N3CCC(O)(C(C)(C)C)C3)n2)cc1. The molecule has 3 N–H and O–H groups in total. The number of anilines is 3. The van der Waals surface area contributed by atoms with Gasteiger partial charge in [-0.05, 0) is 48.2 Å². The number of Topliss-reactive ketones (excluding diaryl/α,β-unsaturated/α-hetero) is 1. The van der Waals surface area contributed by atoms with Gasteiger partial charge in [-0.2, -0.15) is 5.10 Å². The monoisotopic (exact) mass is 494 g/mol. The van der Waals surface area contributed by atoms with E-state index in [4.69, 9.17) is 9.97 Å². The van der Waals surface area contributed by atoms with Gasteiger partial charge < -0.3 is 15.3 Å². The molecule has 1 aliphatic heterocycles. The van der Waals surface area contributed by atoms with Crippen molar-refractivity contribution in [3.8, 4) is 0 Å². The average molecular weight is 495 g/mol. The Morgan fingerprint density at radius 2 is 1.94 bits per heavy atom. The summed E-state index contributed by atoms with van der Waals surface area (Å²) in [6.45, 7) is 11.3. The molecule has 0 saturated carbocycles. The summed E-state index contributed by atoms with van der Waals surface area (Å²) in [5, 5.41) is 22.3. The number of carbonyl (C=O) groups excluding carboxylic acids is 1. The molecule has 9 heteroatoms. The zero-order chi connectivity index (χ0) is 25.2. The number of nitrogens with zero attached hydrogens (tertiary/aromatic N) is 4. The fourth-order valence-corrected chi connectivity index (χ4v) is 4.80. The first-order valence-corrected chi connectivity index (χ1v) is 12.8. The number of β-amino-alcohol motifs (C(OH)–C–C–N with tert-alkyl or cyclic N) is 1. The second kappa shape index (κ2) is 9.99. The highest BCUT2D eigenvalue weighted by molar-refractivity contribution is 7.99. The van der Waals surface area contributed by atoms with Crippen molar-refractivity contribution in [3.05, 3.63) is 47.7 Å². The number of nitrogens with one attached hydrogen (secondary N) is 2. The van der Waals surface area contributed by atoms with Crippen LogP contribution in [0.25, 0.3) is 0 Å². The Bertz CT molecular complexity index is 1190. The third-order valence-corrected chi connectivity index (χ3v) is 7.42. The Kier molecular flexibility index (Phi) is 7.19. The Hall–Kier alpha value is -2.91. The number of ketones is 1. The van der Waals surface area contributed by atoms with Crippen LogP contribution in [0.4, 0.5) is 17.5 Å². The molecule has 35 heavy (non-hydrogen) atoms. The van der Waals surface area contributed by atoms with Crippen molar-refractivity contribution in [1.29, 1.82) is 0 Å². The first-order valence-electron chi connectivity index (χ1n) is 12.0. The minimum absolute atomic E-state index is 0.228. The number of aryl methyl sites for hydroxylation is 1. The van der Waals surface area contributed by atoms with Crippen molar-refractivity contribution in [1.82, 2.24) is 20.2 Å². The van der Waals surface area contributed by atoms with Gasteiger partial charge in [0.15, 0.2) is 11.0 Å². The molecule has 186 valence electrons. The Morgan fingerprint density at radius 1 is 1.20 bits per heavy atom. The first kappa shape index (κ1) is 25.2. The summed E-state index contributed by atoms with van der Waals surface area (Å²) in [7, 11) is 0. The summed E-state index contributed by atoms with van der Waals surface area (Å²) in [5.41, 5.74) is 0.934. The molecule has 3 heterocycles. The van der Waals surface area contributed by atoms with Gasteiger partial charge in [0, 0.05) is 48.7 Å². The molecule has 8 nitrogen and oxygen atoms in total. The molecule has 1 unspecified atom stereocenters. The van der Waals surface area contributed by atoms with Gasteiger partial charge in [0.25, 0.3) is 0 Å². The van der Waals surface area contributed by atoms with Crippen LogP contribution in [0.15, 0.2) is 46.5 Å². The van der Waals surface area contributed by atoms with Crippen molar-refractivity contribution in [2.45, 2.75) is 69.5 Å². The van der Waals surface area contributed by atoms with Crippen LogP contribution in [0.1, 0.15) is 51.8 Å². The minimum Gasteiger partial charge on any atom is -0.387 e. The summed E-state index contributed by atoms with van der Waals surface area (Å²) in [5.74, 6) is 2.32. The van der Waals surface area contributed by atoms with Crippen molar-refractivity contribution in [2.24, 2.45) is 5.41 Å². The Balaban J connectivity index is 1.60. The molecule has 2 aromatic heterocycles. The lowest BCUT2D eigenvalue weighted by atomic mass is 9.76. The van der Waals surface area contributed by atoms with E-state index in [-0.39, 0.29) is 11.2 Å². The number of hydrogen-bond donors (Lipinski definition) is 3. The van der Waals surface area contributed by atoms with E-state index in [9.17, 15) is 9.90 Å². The van der Waals surface area contributed by atoms with E-state index in [1.54, 1.807) is 0 Å². The number of aromatic amines is 1. The lowest BCUT2D eigenvalue weighted by molar-refractivity contribution is -0.118. The molecule has 0 amide bonds. The van der Waals surface area contributed by atoms with E-state index < -0.39 is 5.60 Å². The second-order valence-electron chi connectivity index (χ2n) is 10.2. The molecule has 4 rings (SSSR count). The molecule has 3 aromatic rings. The molecule has 1 saturated heterocycles. The second-order valence-corrected chi connectivity index (χ2v) is 11.3. The molecular formula is C26H34N6O2S. The molecule has 0 bridgehead atoms. The summed E-state index contributed by atoms with van der Waals surface area (Å²) in [4.78, 5) is 24.4. The number of rotatable bonds is 8. The van der Waals surface area contributed by atoms with Gasteiger partial charge in [0.05, 0.1) is 5.60 Å². The molecular weight excluding hydrogens is 460 g/mol. The molecule has 1 aliphatic rings. The topological polar surface area (TPSA) is 107 Å². The van der Waals surface area contributed by atoms with E-state index in [0.717, 1.165) is 28.5 Å². The van der Waals surface area contributed by atoms with Crippen LogP contribution in [0.5, 0.6) is 0 Å². The zero-order valence-corrected chi connectivity index (χ0v) is 21.9. The van der Waals surface area contributed by atoms with Crippen molar-refractivity contribution >= 4 is 35.0 Å². The van der Waals surface area contributed by atoms with Crippen LogP contribution in [-0.2, 0) is 11.2 Å². The molecule has 1 fully saturated rings. The summed E-state index contributed by atoms with van der Waals surface area (Å²) < 4.78 is 0. The van der Waals surface area contributed by atoms with Crippen LogP contribution >= 0.6 is 11.8 Å². The zero-order valence-electron chi connectivity index (χ0n) is 21.1. The van der Waals surface area contributed by atoms with Gasteiger partial charge >= 0.3 is 0 Å². The van der Waals surface area contributed by atoms with E-state index in [1.165, 1.54) is 11.8 Å². The van der Waals surface area contributed by atoms with Crippen molar-refractivity contribution in [3.63, 3.8) is 0 Å². The maximum Gasteiger partial charge on any atom is 0.196 e. The smallest absolute Gasteiger partial charge is 0.196 e. The predicted molar refractivity (Wildman–Crippen MR) is 139 cm³/mol. The first-order chi connectivity index (χ1) is 16.5. The van der Waals surface area contributed by atoms with Crippen LogP contribution in [0, 0.1) is 12.3 Å². The quantitative estimate of drug-likeness (QED) is 0.379. The Labute approximate surface area is 211 Å². The lowest BCUT2D eigenvalue weighted by Crippen LogP contribution is -2.45. The van der Waals surface area contributed by atoms with Gasteiger partial charge in [0.1, 0.15) is 17.4 Å². The highest BCUT2D eigenvalue weighted by atomic mass is 32.2. The van der Waals surface area contributed by atoms with E-state index in [1.807, 2.05) is 50.2 Å². The third-order valence-electron chi connectivity index (χ3n) is 6.55. The average Bonchev–Trinajstić information content (AvgIpc) is 3.41. The number of carbonyl (C=O) groups is 1. The van der Waals surface area contributed by atoms with Gasteiger partial charge in [-0.15, -0.1) is 0 Å². The molecule has 0 spiro atoms. The summed E-state index contributed by atoms with van der Waals surface area (Å²) in [6.07, 6.45) is 1.68. The highest BCUT2D eigenvalue weighted by Crippen LogP contribution is 2.40. The third kappa shape index (κ3) is 6.02. The van der Waals surface area contributed by atoms with Gasteiger partial charge in [-0.3, -0.25) is 9.89 Å². The van der Waals surface area contributed by atoms with E-state index >= 15 is 0 Å². The van der Waals surface area contributed by atoms with Crippen LogP contribution in [-0.4, -0.2) is 49.7 Å². The Morgan fingerprint density at radius 3 is 2.54 bits per heavy atom. The number of aromatic nitrogens is 4. The summed E-state index contributed by atoms with van der Waals surface area (Å²) >= 11 is 1.46. The maximum atomic E-state index is 11.8. The number of H-pyrrole nitrogens is 1. The molecule has 1 aromatic carbocycles. The standard InChI is InChI=1S/C26H34N6O2S/c1-6-19(33)14-18-7-9-20(10-8-18)35-24-28-21(27-22-13-17(2)30-31-22)15-23(29-24)32-12-11-26(34,16-32)25(3,4)5/h7-10,13,15,34H,6,11-12,14,16H2,1-5H3,(H2,27,28,29,30,31). The van der Waals surface area contributed by atoms with Gasteiger partial charge in [0.2, 0.25) is 0 Å². The largest absolute Gasteiger partial charge is 0.387 e. The van der Waals surface area contributed by atoms with E-state index in [2.05, 4.69) is 41.2 Å². The molecule has 1 atom stereocenters. The maximum absolute atomic E-state index is 11.8. The molecule has 0 radical (unpaired) electrons. The van der Waals surface area contributed by atoms with Gasteiger partial charge in [-0.1, -0.05) is 39.8 Å². The lowest BCUT2D eigenvalue weighted by Gasteiger charge is -2.36. The predicted octanol–water partition coefficient (Wildman–Crippen LogP) is 4.91. The normalized spacial score (nSPS) is 18.2. The minimum atomic E-state index is -0.788. The summed E-state index contributed by atoms with van der Waals surface area (Å²) in [6, 6.07) is 11.8. The molecule has 0 aliphatic carbocycles. The fourth-order valence-electron chi connectivity index (χ4n) is 4.03. The highest BCUT2D eigenvalue weighted by Gasteiger charge is 2.45. The number of aliphatic hydroxyl groups is 1. The number of hydrogen-bond acceptors (Lipinski definition) is 8.